The molecule has 4 bridgehead atoms. The van der Waals surface area contributed by atoms with Crippen molar-refractivity contribution in [1.82, 2.24) is 9.97 Å². The van der Waals surface area contributed by atoms with Crippen LogP contribution in [0, 0.1) is 41.9 Å². The summed E-state index contributed by atoms with van der Waals surface area (Å²) in [6.07, 6.45) is 6.52. The molecular formula is C59H43N3. The lowest BCUT2D eigenvalue weighted by Gasteiger charge is -2.61. The van der Waals surface area contributed by atoms with Crippen molar-refractivity contribution in [2.24, 2.45) is 23.7 Å². The molecule has 62 heavy (non-hydrogen) atoms. The first-order chi connectivity index (χ1) is 30.5. The largest absolute Gasteiger partial charge is 0.228 e. The number of aryl methyl sites for hydroxylation is 1. The lowest BCUT2D eigenvalue weighted by Crippen LogP contribution is -2.55. The first kappa shape index (κ1) is 34.8. The molecule has 294 valence electrons. The molecule has 0 saturated heterocycles. The van der Waals surface area contributed by atoms with Crippen LogP contribution in [-0.4, -0.2) is 9.97 Å². The van der Waals surface area contributed by atoms with Gasteiger partial charge in [-0.05, 0) is 153 Å². The van der Waals surface area contributed by atoms with E-state index in [-0.39, 0.29) is 10.8 Å². The molecule has 7 aliphatic rings. The normalized spacial score (nSPS) is 23.1. The summed E-state index contributed by atoms with van der Waals surface area (Å²) in [4.78, 5) is 11.2. The summed E-state index contributed by atoms with van der Waals surface area (Å²) in [5.41, 5.74) is 22.5. The second-order valence-corrected chi connectivity index (χ2v) is 19.2. The van der Waals surface area contributed by atoms with Gasteiger partial charge in [0.25, 0.3) is 0 Å². The zero-order chi connectivity index (χ0) is 40.9. The summed E-state index contributed by atoms with van der Waals surface area (Å²) < 4.78 is 0. The van der Waals surface area contributed by atoms with E-state index in [0.717, 1.165) is 56.9 Å². The van der Waals surface area contributed by atoms with Gasteiger partial charge in [-0.3, -0.25) is 0 Å². The van der Waals surface area contributed by atoms with Gasteiger partial charge in [-0.15, -0.1) is 0 Å². The van der Waals surface area contributed by atoms with Crippen molar-refractivity contribution in [3.8, 4) is 73.4 Å². The number of rotatable bonds is 3. The quantitative estimate of drug-likeness (QED) is 0.179. The molecule has 4 fully saturated rings. The SMILES string of the molecule is Cc1cc2c(cc1C#N)-c1cccc(-c3nc(-c4ccccc4)cc(-c4ccc5c(c4)-c4ccccc4C54c5ccccc5-c5ccccc54)n3)c1C21C2CC3CC(C2)CC1C3. The monoisotopic (exact) mass is 793 g/mol. The van der Waals surface area contributed by atoms with E-state index in [2.05, 4.69) is 171 Å². The highest BCUT2D eigenvalue weighted by Gasteiger charge is 2.62. The molecular weight excluding hydrogens is 751 g/mol. The van der Waals surface area contributed by atoms with Gasteiger partial charge in [-0.1, -0.05) is 140 Å². The Labute approximate surface area is 362 Å². The van der Waals surface area contributed by atoms with Gasteiger partial charge < -0.3 is 0 Å². The summed E-state index contributed by atoms with van der Waals surface area (Å²) >= 11 is 0. The summed E-state index contributed by atoms with van der Waals surface area (Å²) in [6, 6.07) is 61.0. The molecule has 2 spiro atoms. The van der Waals surface area contributed by atoms with Crippen molar-refractivity contribution in [2.75, 3.05) is 0 Å². The summed E-state index contributed by atoms with van der Waals surface area (Å²) in [7, 11) is 0. The number of benzene rings is 7. The third-order valence-corrected chi connectivity index (χ3v) is 16.5. The molecule has 0 aliphatic heterocycles. The Morgan fingerprint density at radius 2 is 1.00 bits per heavy atom. The number of nitrogens with zero attached hydrogens (tertiary/aromatic N) is 3. The topological polar surface area (TPSA) is 49.6 Å². The molecule has 7 aliphatic carbocycles. The number of nitriles is 1. The maximum Gasteiger partial charge on any atom is 0.160 e. The predicted octanol–water partition coefficient (Wildman–Crippen LogP) is 13.7. The van der Waals surface area contributed by atoms with Crippen molar-refractivity contribution in [3.05, 3.63) is 202 Å². The smallest absolute Gasteiger partial charge is 0.160 e. The molecule has 3 nitrogen and oxygen atoms in total. The van der Waals surface area contributed by atoms with Crippen LogP contribution in [0.25, 0.3) is 67.3 Å². The second-order valence-electron chi connectivity index (χ2n) is 19.2. The highest BCUT2D eigenvalue weighted by atomic mass is 14.9. The lowest BCUT2D eigenvalue weighted by molar-refractivity contribution is -0.0397. The van der Waals surface area contributed by atoms with Gasteiger partial charge >= 0.3 is 0 Å². The van der Waals surface area contributed by atoms with Crippen molar-refractivity contribution >= 4 is 0 Å². The number of hydrogen-bond acceptors (Lipinski definition) is 3. The molecule has 0 atom stereocenters. The van der Waals surface area contributed by atoms with Crippen molar-refractivity contribution in [2.45, 2.75) is 49.9 Å². The second kappa shape index (κ2) is 12.4. The van der Waals surface area contributed by atoms with Crippen molar-refractivity contribution < 1.29 is 0 Å². The summed E-state index contributed by atoms with van der Waals surface area (Å²) in [6.45, 7) is 2.13. The molecule has 1 aromatic heterocycles. The molecule has 15 rings (SSSR count). The van der Waals surface area contributed by atoms with E-state index in [1.165, 1.54) is 98.9 Å². The van der Waals surface area contributed by atoms with Crippen LogP contribution in [0.3, 0.4) is 0 Å². The van der Waals surface area contributed by atoms with Crippen molar-refractivity contribution in [1.29, 1.82) is 5.26 Å². The molecule has 3 heteroatoms. The molecule has 7 aromatic carbocycles. The Morgan fingerprint density at radius 3 is 1.65 bits per heavy atom. The van der Waals surface area contributed by atoms with E-state index in [9.17, 15) is 5.26 Å². The Balaban J connectivity index is 1.00. The molecule has 0 unspecified atom stereocenters. The van der Waals surface area contributed by atoms with E-state index in [4.69, 9.17) is 9.97 Å². The Hall–Kier alpha value is -6.89. The van der Waals surface area contributed by atoms with E-state index in [1.54, 1.807) is 0 Å². The van der Waals surface area contributed by atoms with Gasteiger partial charge in [-0.2, -0.15) is 5.26 Å². The fourth-order valence-electron chi connectivity index (χ4n) is 14.4. The maximum absolute atomic E-state index is 10.3. The van der Waals surface area contributed by atoms with Crippen molar-refractivity contribution in [3.63, 3.8) is 0 Å². The van der Waals surface area contributed by atoms with Crippen LogP contribution in [0.5, 0.6) is 0 Å². The zero-order valence-corrected chi connectivity index (χ0v) is 34.7. The van der Waals surface area contributed by atoms with Crippen LogP contribution >= 0.6 is 0 Å². The van der Waals surface area contributed by atoms with Crippen LogP contribution in [-0.2, 0) is 10.8 Å². The van der Waals surface area contributed by atoms with Crippen LogP contribution in [0.1, 0.15) is 76.6 Å². The number of fused-ring (bicyclic) bond motifs is 13. The predicted molar refractivity (Wildman–Crippen MR) is 247 cm³/mol. The Bertz CT molecular complexity index is 3220. The number of aromatic nitrogens is 2. The molecule has 0 N–H and O–H groups in total. The molecule has 0 radical (unpaired) electrons. The van der Waals surface area contributed by atoms with E-state index in [0.29, 0.717) is 11.8 Å². The molecule has 4 saturated carbocycles. The highest BCUT2D eigenvalue weighted by molar-refractivity contribution is 5.96. The van der Waals surface area contributed by atoms with E-state index >= 15 is 0 Å². The maximum atomic E-state index is 10.3. The average Bonchev–Trinajstić information content (AvgIpc) is 3.90. The lowest BCUT2D eigenvalue weighted by atomic mass is 9.42. The van der Waals surface area contributed by atoms with Gasteiger partial charge in [0.1, 0.15) is 0 Å². The van der Waals surface area contributed by atoms with Crippen LogP contribution in [0.2, 0.25) is 0 Å². The Morgan fingerprint density at radius 1 is 0.468 bits per heavy atom. The van der Waals surface area contributed by atoms with Gasteiger partial charge in [0.15, 0.2) is 5.82 Å². The van der Waals surface area contributed by atoms with Gasteiger partial charge in [0.05, 0.1) is 28.4 Å². The average molecular weight is 794 g/mol. The van der Waals surface area contributed by atoms with Crippen LogP contribution < -0.4 is 0 Å². The third kappa shape index (κ3) is 4.30. The summed E-state index contributed by atoms with van der Waals surface area (Å²) in [5.74, 6) is 3.56. The Kier molecular flexibility index (Phi) is 6.94. The fraction of sp³-hybridized carbons (Fsp3) is 0.203. The summed E-state index contributed by atoms with van der Waals surface area (Å²) in [5, 5.41) is 10.3. The number of hydrogen-bond donors (Lipinski definition) is 0. The standard InChI is InChI=1S/C59H43N3/c1-34-24-53-48(31-39(34)33-60)45-17-11-18-46(56(45)58(53)40-26-35-25-36(28-40)29-41(58)27-35)57-61-54(37-12-3-2-4-13-37)32-55(62-57)38-22-23-52-47(30-38)44-16-7-10-21-51(44)59(52)49-19-8-5-14-42(49)43-15-6-9-20-50(43)59/h2-24,30-32,35-36,40-41H,25-29H2,1H3. The van der Waals surface area contributed by atoms with Gasteiger partial charge in [0, 0.05) is 22.1 Å². The first-order valence-electron chi connectivity index (χ1n) is 22.6. The van der Waals surface area contributed by atoms with Crippen LogP contribution in [0.4, 0.5) is 0 Å². The van der Waals surface area contributed by atoms with Gasteiger partial charge in [-0.25, -0.2) is 9.97 Å². The minimum atomic E-state index is -0.389. The van der Waals surface area contributed by atoms with Gasteiger partial charge in [0.2, 0.25) is 0 Å². The van der Waals surface area contributed by atoms with E-state index < -0.39 is 0 Å². The molecule has 0 amide bonds. The minimum absolute atomic E-state index is 0.112. The zero-order valence-electron chi connectivity index (χ0n) is 34.7. The minimum Gasteiger partial charge on any atom is -0.228 e. The first-order valence-corrected chi connectivity index (χ1v) is 22.6. The van der Waals surface area contributed by atoms with E-state index in [1.807, 2.05) is 0 Å². The molecule has 1 heterocycles. The fourth-order valence-corrected chi connectivity index (χ4v) is 14.4. The molecule has 8 aromatic rings. The van der Waals surface area contributed by atoms with Crippen LogP contribution in [0.15, 0.2) is 158 Å². The highest BCUT2D eigenvalue weighted by Crippen LogP contribution is 2.71. The third-order valence-electron chi connectivity index (χ3n) is 16.5.